The number of nitrogen functional groups attached to an aromatic ring is 2. The Hall–Kier alpha value is -0.910. The number of halogens is 3. The second-order valence-corrected chi connectivity index (χ2v) is 2.92. The number of alkyl halides is 2. The lowest BCUT2D eigenvalue weighted by Crippen LogP contribution is -2.01. The average Bonchev–Trinajstić information content (AvgIpc) is 1.97. The molecule has 0 bridgehead atoms. The van der Waals surface area contributed by atoms with Crippen molar-refractivity contribution >= 4 is 27.4 Å². The largest absolute Gasteiger partial charge is 0.397 e. The van der Waals surface area contributed by atoms with Crippen LogP contribution in [0.3, 0.4) is 0 Å². The van der Waals surface area contributed by atoms with Gasteiger partial charge in [-0.05, 0) is 15.9 Å². The zero-order valence-corrected chi connectivity index (χ0v) is 7.48. The fraction of sp³-hybridized carbons (Fsp3) is 0.167. The maximum Gasteiger partial charge on any atom is 0.267 e. The van der Waals surface area contributed by atoms with E-state index in [9.17, 15) is 8.78 Å². The van der Waals surface area contributed by atoms with E-state index in [2.05, 4.69) is 20.9 Å². The van der Waals surface area contributed by atoms with Crippen molar-refractivity contribution < 1.29 is 8.78 Å². The number of nitrogens with zero attached hydrogens (tertiary/aromatic N) is 1. The molecule has 0 fully saturated rings. The van der Waals surface area contributed by atoms with Crippen molar-refractivity contribution in [3.05, 3.63) is 16.2 Å². The standard InChI is InChI=1S/C6H6BrF2N3/c7-4-3(5(8)9)2(10)1-12-6(4)11/h1,5H,10H2,(H2,11,12). The van der Waals surface area contributed by atoms with Crippen molar-refractivity contribution in [2.24, 2.45) is 0 Å². The van der Waals surface area contributed by atoms with E-state index in [-0.39, 0.29) is 21.5 Å². The molecule has 4 N–H and O–H groups in total. The van der Waals surface area contributed by atoms with E-state index in [0.29, 0.717) is 0 Å². The molecule has 1 aromatic rings. The van der Waals surface area contributed by atoms with E-state index in [1.165, 1.54) is 0 Å². The third kappa shape index (κ3) is 1.47. The predicted octanol–water partition coefficient (Wildman–Crippen LogP) is 1.95. The van der Waals surface area contributed by atoms with Crippen molar-refractivity contribution in [2.45, 2.75) is 6.43 Å². The minimum atomic E-state index is -2.65. The van der Waals surface area contributed by atoms with Gasteiger partial charge in [-0.15, -0.1) is 0 Å². The van der Waals surface area contributed by atoms with Gasteiger partial charge in [-0.1, -0.05) is 0 Å². The van der Waals surface area contributed by atoms with Crippen LogP contribution in [0.15, 0.2) is 10.7 Å². The van der Waals surface area contributed by atoms with Gasteiger partial charge >= 0.3 is 0 Å². The molecular formula is C6H6BrF2N3. The van der Waals surface area contributed by atoms with Gasteiger partial charge in [-0.2, -0.15) is 0 Å². The van der Waals surface area contributed by atoms with Gasteiger partial charge in [0.25, 0.3) is 6.43 Å². The lowest BCUT2D eigenvalue weighted by molar-refractivity contribution is 0.151. The van der Waals surface area contributed by atoms with Gasteiger partial charge in [0.05, 0.1) is 21.9 Å². The molecule has 6 heteroatoms. The normalized spacial score (nSPS) is 10.7. The molecule has 0 amide bonds. The summed E-state index contributed by atoms with van der Waals surface area (Å²) in [7, 11) is 0. The fourth-order valence-corrected chi connectivity index (χ4v) is 1.26. The highest BCUT2D eigenvalue weighted by molar-refractivity contribution is 9.10. The summed E-state index contributed by atoms with van der Waals surface area (Å²) in [6.45, 7) is 0. The van der Waals surface area contributed by atoms with Crippen LogP contribution < -0.4 is 11.5 Å². The second kappa shape index (κ2) is 3.22. The predicted molar refractivity (Wildman–Crippen MR) is 45.7 cm³/mol. The highest BCUT2D eigenvalue weighted by Crippen LogP contribution is 2.34. The SMILES string of the molecule is Nc1cnc(N)c(Br)c1C(F)F. The van der Waals surface area contributed by atoms with E-state index in [1.807, 2.05) is 0 Å². The molecule has 0 aromatic carbocycles. The Bertz CT molecular complexity index is 303. The van der Waals surface area contributed by atoms with Crippen LogP contribution in [0.2, 0.25) is 0 Å². The number of rotatable bonds is 1. The molecule has 1 heterocycles. The van der Waals surface area contributed by atoms with Crippen molar-refractivity contribution in [3.63, 3.8) is 0 Å². The number of hydrogen-bond acceptors (Lipinski definition) is 3. The van der Waals surface area contributed by atoms with Gasteiger partial charge in [-0.3, -0.25) is 0 Å². The lowest BCUT2D eigenvalue weighted by Gasteiger charge is -2.07. The third-order valence-corrected chi connectivity index (χ3v) is 2.17. The molecule has 12 heavy (non-hydrogen) atoms. The molecule has 0 saturated heterocycles. The Morgan fingerprint density at radius 2 is 2.00 bits per heavy atom. The summed E-state index contributed by atoms with van der Waals surface area (Å²) in [5.41, 5.74) is 10.2. The molecule has 1 aromatic heterocycles. The molecule has 0 spiro atoms. The van der Waals surface area contributed by atoms with Crippen LogP contribution in [-0.4, -0.2) is 4.98 Å². The Balaban J connectivity index is 3.33. The summed E-state index contributed by atoms with van der Waals surface area (Å²) in [5.74, 6) is 0.0134. The van der Waals surface area contributed by atoms with Crippen LogP contribution in [0.5, 0.6) is 0 Å². The minimum Gasteiger partial charge on any atom is -0.397 e. The number of aromatic nitrogens is 1. The topological polar surface area (TPSA) is 64.9 Å². The van der Waals surface area contributed by atoms with Gasteiger partial charge < -0.3 is 11.5 Å². The van der Waals surface area contributed by atoms with Crippen molar-refractivity contribution in [2.75, 3.05) is 11.5 Å². The first-order valence-corrected chi connectivity index (χ1v) is 3.80. The summed E-state index contributed by atoms with van der Waals surface area (Å²) < 4.78 is 24.6. The average molecular weight is 238 g/mol. The zero-order valence-electron chi connectivity index (χ0n) is 5.89. The zero-order chi connectivity index (χ0) is 9.30. The molecule has 0 unspecified atom stereocenters. The molecule has 0 aliphatic carbocycles. The highest BCUT2D eigenvalue weighted by Gasteiger charge is 2.17. The molecule has 0 aliphatic heterocycles. The maximum atomic E-state index is 12.3. The first-order chi connectivity index (χ1) is 5.54. The number of hydrogen-bond donors (Lipinski definition) is 2. The molecule has 0 saturated carbocycles. The van der Waals surface area contributed by atoms with Gasteiger partial charge in [0.15, 0.2) is 0 Å². The monoisotopic (exact) mass is 237 g/mol. The van der Waals surface area contributed by atoms with E-state index in [0.717, 1.165) is 6.20 Å². The third-order valence-electron chi connectivity index (χ3n) is 1.33. The quantitative estimate of drug-likeness (QED) is 0.785. The summed E-state index contributed by atoms with van der Waals surface area (Å²) in [6.07, 6.45) is -1.54. The number of pyridine rings is 1. The van der Waals surface area contributed by atoms with Gasteiger partial charge in [0.1, 0.15) is 5.82 Å². The molecule has 0 atom stereocenters. The fourth-order valence-electron chi connectivity index (χ4n) is 0.752. The van der Waals surface area contributed by atoms with Gasteiger partial charge in [0.2, 0.25) is 0 Å². The van der Waals surface area contributed by atoms with E-state index < -0.39 is 6.43 Å². The summed E-state index contributed by atoms with van der Waals surface area (Å²) in [4.78, 5) is 3.59. The minimum absolute atomic E-state index is 0.0134. The Kier molecular flexibility index (Phi) is 2.46. The molecular weight excluding hydrogens is 232 g/mol. The van der Waals surface area contributed by atoms with Gasteiger partial charge in [0, 0.05) is 0 Å². The second-order valence-electron chi connectivity index (χ2n) is 2.13. The maximum absolute atomic E-state index is 12.3. The number of nitrogens with two attached hydrogens (primary N) is 2. The Morgan fingerprint density at radius 3 is 2.42 bits per heavy atom. The smallest absolute Gasteiger partial charge is 0.267 e. The molecule has 3 nitrogen and oxygen atoms in total. The van der Waals surface area contributed by atoms with Crippen LogP contribution in [0.4, 0.5) is 20.3 Å². The van der Waals surface area contributed by atoms with Crippen LogP contribution >= 0.6 is 15.9 Å². The van der Waals surface area contributed by atoms with Crippen LogP contribution in [0.25, 0.3) is 0 Å². The van der Waals surface area contributed by atoms with E-state index in [1.54, 1.807) is 0 Å². The van der Waals surface area contributed by atoms with Crippen LogP contribution in [0, 0.1) is 0 Å². The lowest BCUT2D eigenvalue weighted by atomic mass is 10.2. The van der Waals surface area contributed by atoms with Crippen molar-refractivity contribution in [1.82, 2.24) is 4.98 Å². The molecule has 66 valence electrons. The Labute approximate surface area is 75.9 Å². The van der Waals surface area contributed by atoms with Crippen molar-refractivity contribution in [1.29, 1.82) is 0 Å². The van der Waals surface area contributed by atoms with Gasteiger partial charge in [-0.25, -0.2) is 13.8 Å². The molecule has 0 aliphatic rings. The molecule has 1 rings (SSSR count). The van der Waals surface area contributed by atoms with Crippen LogP contribution in [-0.2, 0) is 0 Å². The van der Waals surface area contributed by atoms with E-state index in [4.69, 9.17) is 11.5 Å². The summed E-state index contributed by atoms with van der Waals surface area (Å²) in [5, 5.41) is 0. The molecule has 0 radical (unpaired) electrons. The first kappa shape index (κ1) is 9.18. The van der Waals surface area contributed by atoms with Crippen LogP contribution in [0.1, 0.15) is 12.0 Å². The number of anilines is 2. The Morgan fingerprint density at radius 1 is 1.42 bits per heavy atom. The van der Waals surface area contributed by atoms with Crippen molar-refractivity contribution in [3.8, 4) is 0 Å². The summed E-state index contributed by atoms with van der Waals surface area (Å²) in [6, 6.07) is 0. The first-order valence-electron chi connectivity index (χ1n) is 3.01. The highest BCUT2D eigenvalue weighted by atomic mass is 79.9. The van der Waals surface area contributed by atoms with E-state index >= 15 is 0 Å². The summed E-state index contributed by atoms with van der Waals surface area (Å²) >= 11 is 2.88.